The summed E-state index contributed by atoms with van der Waals surface area (Å²) >= 11 is 0. The zero-order chi connectivity index (χ0) is 13.1. The number of hydrogen-bond acceptors (Lipinski definition) is 2. The lowest BCUT2D eigenvalue weighted by Crippen LogP contribution is -2.37. The average Bonchev–Trinajstić information content (AvgIpc) is 2.47. The Morgan fingerprint density at radius 3 is 2.89 bits per heavy atom. The van der Waals surface area contributed by atoms with Gasteiger partial charge < -0.3 is 9.64 Å². The number of para-hydroxylation sites is 1. The van der Waals surface area contributed by atoms with Crippen LogP contribution in [0, 0.1) is 5.92 Å². The van der Waals surface area contributed by atoms with Crippen molar-refractivity contribution in [2.75, 3.05) is 24.7 Å². The summed E-state index contributed by atoms with van der Waals surface area (Å²) in [5.74, 6) is 0.800. The van der Waals surface area contributed by atoms with Crippen molar-refractivity contribution in [2.24, 2.45) is 5.92 Å². The third kappa shape index (κ3) is 2.81. The van der Waals surface area contributed by atoms with Gasteiger partial charge in [-0.2, -0.15) is 0 Å². The van der Waals surface area contributed by atoms with Gasteiger partial charge in [-0.05, 0) is 43.2 Å². The van der Waals surface area contributed by atoms with E-state index in [0.29, 0.717) is 18.2 Å². The van der Waals surface area contributed by atoms with Crippen molar-refractivity contribution in [3.8, 4) is 0 Å². The fourth-order valence-corrected chi connectivity index (χ4v) is 3.10. The summed E-state index contributed by atoms with van der Waals surface area (Å²) in [7, 11) is 0. The highest BCUT2D eigenvalue weighted by molar-refractivity contribution is 5.94. The van der Waals surface area contributed by atoms with Crippen molar-refractivity contribution in [3.63, 3.8) is 0 Å². The first-order valence-corrected chi connectivity index (χ1v) is 7.30. The minimum atomic E-state index is 0.291. The van der Waals surface area contributed by atoms with Crippen LogP contribution in [0.5, 0.6) is 0 Å². The largest absolute Gasteiger partial charge is 0.381 e. The lowest BCUT2D eigenvalue weighted by molar-refractivity contribution is -0.120. The summed E-state index contributed by atoms with van der Waals surface area (Å²) in [4.78, 5) is 14.5. The second-order valence-electron chi connectivity index (χ2n) is 5.54. The second kappa shape index (κ2) is 5.74. The molecule has 0 N–H and O–H groups in total. The second-order valence-corrected chi connectivity index (χ2v) is 5.54. The van der Waals surface area contributed by atoms with Gasteiger partial charge in [-0.25, -0.2) is 0 Å². The number of carbonyl (C=O) groups is 1. The molecular formula is C16H21NO2. The zero-order valence-corrected chi connectivity index (χ0v) is 11.3. The van der Waals surface area contributed by atoms with E-state index in [4.69, 9.17) is 4.74 Å². The summed E-state index contributed by atoms with van der Waals surface area (Å²) in [5.41, 5.74) is 2.44. The van der Waals surface area contributed by atoms with Gasteiger partial charge in [-0.15, -0.1) is 0 Å². The van der Waals surface area contributed by atoms with Crippen LogP contribution in [-0.2, 0) is 16.0 Å². The maximum absolute atomic E-state index is 12.5. The van der Waals surface area contributed by atoms with Crippen LogP contribution >= 0.6 is 0 Å². The molecule has 0 aromatic heterocycles. The maximum atomic E-state index is 12.5. The predicted molar refractivity (Wildman–Crippen MR) is 75.3 cm³/mol. The molecule has 1 aromatic rings. The Morgan fingerprint density at radius 2 is 2.05 bits per heavy atom. The first-order chi connectivity index (χ1) is 9.34. The van der Waals surface area contributed by atoms with Gasteiger partial charge in [-0.1, -0.05) is 18.2 Å². The molecule has 2 aliphatic heterocycles. The number of carbonyl (C=O) groups excluding carboxylic acids is 1. The van der Waals surface area contributed by atoms with E-state index in [1.165, 1.54) is 5.56 Å². The Bertz CT molecular complexity index is 452. The summed E-state index contributed by atoms with van der Waals surface area (Å²) in [6.07, 6.45) is 4.91. The molecule has 0 atom stereocenters. The van der Waals surface area contributed by atoms with E-state index in [0.717, 1.165) is 51.1 Å². The fraction of sp³-hybridized carbons (Fsp3) is 0.562. The molecule has 0 spiro atoms. The molecule has 3 nitrogen and oxygen atoms in total. The summed E-state index contributed by atoms with van der Waals surface area (Å²) < 4.78 is 5.36. The van der Waals surface area contributed by atoms with E-state index >= 15 is 0 Å². The molecule has 0 radical (unpaired) electrons. The molecular weight excluding hydrogens is 238 g/mol. The molecule has 0 aliphatic carbocycles. The number of ether oxygens (including phenoxy) is 1. The molecule has 102 valence electrons. The highest BCUT2D eigenvalue weighted by Crippen LogP contribution is 2.29. The fourth-order valence-electron chi connectivity index (χ4n) is 3.10. The van der Waals surface area contributed by atoms with Crippen LogP contribution in [0.3, 0.4) is 0 Å². The van der Waals surface area contributed by atoms with Crippen molar-refractivity contribution in [1.29, 1.82) is 0 Å². The Kier molecular flexibility index (Phi) is 3.83. The summed E-state index contributed by atoms with van der Waals surface area (Å²) in [6.45, 7) is 2.50. The van der Waals surface area contributed by atoms with Gasteiger partial charge >= 0.3 is 0 Å². The number of aryl methyl sites for hydroxylation is 1. The third-order valence-electron chi connectivity index (χ3n) is 4.22. The first-order valence-electron chi connectivity index (χ1n) is 7.30. The number of rotatable bonds is 2. The van der Waals surface area contributed by atoms with E-state index in [1.54, 1.807) is 0 Å². The predicted octanol–water partition coefficient (Wildman–Crippen LogP) is 2.78. The van der Waals surface area contributed by atoms with E-state index in [1.807, 2.05) is 11.0 Å². The van der Waals surface area contributed by atoms with Crippen LogP contribution in [0.1, 0.15) is 31.2 Å². The Balaban J connectivity index is 1.70. The normalized spacial score (nSPS) is 20.1. The van der Waals surface area contributed by atoms with Gasteiger partial charge in [-0.3, -0.25) is 4.79 Å². The van der Waals surface area contributed by atoms with Crippen LogP contribution in [0.15, 0.2) is 24.3 Å². The SMILES string of the molecule is O=C(CC1CCOCC1)N1CCCc2ccccc21. The van der Waals surface area contributed by atoms with Gasteiger partial charge in [0.25, 0.3) is 0 Å². The molecule has 2 heterocycles. The average molecular weight is 259 g/mol. The lowest BCUT2D eigenvalue weighted by atomic mass is 9.94. The monoisotopic (exact) mass is 259 g/mol. The molecule has 2 aliphatic rings. The van der Waals surface area contributed by atoms with Crippen LogP contribution in [0.4, 0.5) is 5.69 Å². The van der Waals surface area contributed by atoms with Crippen molar-refractivity contribution in [1.82, 2.24) is 0 Å². The van der Waals surface area contributed by atoms with Crippen molar-refractivity contribution in [2.45, 2.75) is 32.1 Å². The number of hydrogen-bond donors (Lipinski definition) is 0. The van der Waals surface area contributed by atoms with E-state index in [2.05, 4.69) is 18.2 Å². The van der Waals surface area contributed by atoms with Crippen molar-refractivity contribution in [3.05, 3.63) is 29.8 Å². The maximum Gasteiger partial charge on any atom is 0.227 e. The summed E-state index contributed by atoms with van der Waals surface area (Å²) in [5, 5.41) is 0. The number of amides is 1. The minimum absolute atomic E-state index is 0.291. The molecule has 0 unspecified atom stereocenters. The Morgan fingerprint density at radius 1 is 1.26 bits per heavy atom. The highest BCUT2D eigenvalue weighted by atomic mass is 16.5. The Hall–Kier alpha value is -1.35. The standard InChI is InChI=1S/C16H21NO2/c18-16(12-13-7-10-19-11-8-13)17-9-3-5-14-4-1-2-6-15(14)17/h1-2,4,6,13H,3,5,7-12H2. The molecule has 1 amide bonds. The molecule has 0 bridgehead atoms. The Labute approximate surface area is 114 Å². The third-order valence-corrected chi connectivity index (χ3v) is 4.22. The molecule has 1 saturated heterocycles. The molecule has 3 rings (SSSR count). The number of anilines is 1. The minimum Gasteiger partial charge on any atom is -0.381 e. The first kappa shape index (κ1) is 12.7. The van der Waals surface area contributed by atoms with Crippen LogP contribution in [0.2, 0.25) is 0 Å². The van der Waals surface area contributed by atoms with E-state index in [9.17, 15) is 4.79 Å². The van der Waals surface area contributed by atoms with Crippen LogP contribution in [0.25, 0.3) is 0 Å². The molecule has 1 fully saturated rings. The molecule has 1 aromatic carbocycles. The quantitative estimate of drug-likeness (QED) is 0.817. The van der Waals surface area contributed by atoms with Crippen molar-refractivity contribution < 1.29 is 9.53 Å². The lowest BCUT2D eigenvalue weighted by Gasteiger charge is -2.31. The number of benzene rings is 1. The highest BCUT2D eigenvalue weighted by Gasteiger charge is 2.25. The van der Waals surface area contributed by atoms with Crippen molar-refractivity contribution >= 4 is 11.6 Å². The van der Waals surface area contributed by atoms with E-state index in [-0.39, 0.29) is 0 Å². The van der Waals surface area contributed by atoms with Crippen LogP contribution in [-0.4, -0.2) is 25.7 Å². The van der Waals surface area contributed by atoms with Crippen LogP contribution < -0.4 is 4.90 Å². The number of fused-ring (bicyclic) bond motifs is 1. The van der Waals surface area contributed by atoms with Gasteiger partial charge in [0, 0.05) is 31.9 Å². The van der Waals surface area contributed by atoms with Gasteiger partial charge in [0.1, 0.15) is 0 Å². The molecule has 19 heavy (non-hydrogen) atoms. The van der Waals surface area contributed by atoms with Gasteiger partial charge in [0.05, 0.1) is 0 Å². The zero-order valence-electron chi connectivity index (χ0n) is 11.3. The topological polar surface area (TPSA) is 29.5 Å². The molecule has 3 heteroatoms. The van der Waals surface area contributed by atoms with Gasteiger partial charge in [0.2, 0.25) is 5.91 Å². The number of nitrogens with zero attached hydrogens (tertiary/aromatic N) is 1. The molecule has 0 saturated carbocycles. The van der Waals surface area contributed by atoms with E-state index < -0.39 is 0 Å². The smallest absolute Gasteiger partial charge is 0.227 e. The summed E-state index contributed by atoms with van der Waals surface area (Å²) in [6, 6.07) is 8.31. The van der Waals surface area contributed by atoms with Gasteiger partial charge in [0.15, 0.2) is 0 Å².